The molecule has 7 heteroatoms. The molecule has 1 rings (SSSR count). The van der Waals surface area contributed by atoms with Crippen LogP contribution in [-0.4, -0.2) is 48.6 Å². The second-order valence-corrected chi connectivity index (χ2v) is 4.40. The molecule has 2 N–H and O–H groups in total. The minimum absolute atomic E-state index is 0.00593. The van der Waals surface area contributed by atoms with Crippen molar-refractivity contribution in [2.45, 2.75) is 26.4 Å². The first-order valence-corrected chi connectivity index (χ1v) is 5.82. The number of hydrogen-bond acceptors (Lipinski definition) is 5. The van der Waals surface area contributed by atoms with Crippen molar-refractivity contribution < 1.29 is 24.3 Å². The van der Waals surface area contributed by atoms with Crippen molar-refractivity contribution in [2.75, 3.05) is 19.8 Å². The molecule has 0 aromatic carbocycles. The first-order chi connectivity index (χ1) is 8.50. The maximum Gasteiger partial charge on any atom is 0.353 e. The van der Waals surface area contributed by atoms with Crippen molar-refractivity contribution in [1.82, 2.24) is 5.32 Å². The molecule has 102 valence electrons. The number of carboxylic acid groups (broad SMARTS) is 1. The third-order valence-corrected chi connectivity index (χ3v) is 2.21. The van der Waals surface area contributed by atoms with Gasteiger partial charge >= 0.3 is 5.97 Å². The van der Waals surface area contributed by atoms with E-state index in [1.54, 1.807) is 0 Å². The number of carbonyl (C=O) groups is 2. The van der Waals surface area contributed by atoms with Crippen molar-refractivity contribution in [1.29, 1.82) is 0 Å². The number of aliphatic carboxylic acids is 1. The Balaban J connectivity index is 2.14. The number of rotatable bonds is 7. The highest BCUT2D eigenvalue weighted by Crippen LogP contribution is 2.10. The first kappa shape index (κ1) is 14.4. The van der Waals surface area contributed by atoms with Gasteiger partial charge in [-0.25, -0.2) is 4.79 Å². The van der Waals surface area contributed by atoms with Crippen LogP contribution in [0.3, 0.4) is 0 Å². The highest BCUT2D eigenvalue weighted by molar-refractivity contribution is 6.36. The molecule has 1 amide bonds. The maximum atomic E-state index is 11.6. The summed E-state index contributed by atoms with van der Waals surface area (Å²) in [5, 5.41) is 14.6. The lowest BCUT2D eigenvalue weighted by Crippen LogP contribution is -2.37. The fourth-order valence-corrected chi connectivity index (χ4v) is 1.32. The lowest BCUT2D eigenvalue weighted by Gasteiger charge is -2.10. The number of nitrogens with zero attached hydrogens (tertiary/aromatic N) is 1. The zero-order valence-corrected chi connectivity index (χ0v) is 10.5. The lowest BCUT2D eigenvalue weighted by atomic mass is 10.2. The number of carboxylic acids is 1. The molecule has 1 aliphatic heterocycles. The van der Waals surface area contributed by atoms with Gasteiger partial charge in [-0.05, 0) is 5.92 Å². The molecule has 1 aliphatic rings. The zero-order valence-electron chi connectivity index (χ0n) is 10.5. The highest BCUT2D eigenvalue weighted by Gasteiger charge is 2.31. The molecule has 0 saturated carbocycles. The summed E-state index contributed by atoms with van der Waals surface area (Å²) in [7, 11) is 0. The fourth-order valence-electron chi connectivity index (χ4n) is 1.32. The SMILES string of the molecule is CC(C)COCCNC(=O)C1CC(C(=O)O)=NO1. The van der Waals surface area contributed by atoms with E-state index in [1.807, 2.05) is 13.8 Å². The van der Waals surface area contributed by atoms with Gasteiger partial charge in [-0.1, -0.05) is 19.0 Å². The Morgan fingerprint density at radius 2 is 2.33 bits per heavy atom. The summed E-state index contributed by atoms with van der Waals surface area (Å²) in [6, 6.07) is 0. The second-order valence-electron chi connectivity index (χ2n) is 4.40. The van der Waals surface area contributed by atoms with Crippen LogP contribution in [0.25, 0.3) is 0 Å². The molecule has 0 aliphatic carbocycles. The summed E-state index contributed by atoms with van der Waals surface area (Å²) in [5.41, 5.74) is -0.133. The molecule has 0 bridgehead atoms. The molecule has 0 saturated heterocycles. The lowest BCUT2D eigenvalue weighted by molar-refractivity contribution is -0.131. The van der Waals surface area contributed by atoms with Crippen LogP contribution in [0.4, 0.5) is 0 Å². The summed E-state index contributed by atoms with van der Waals surface area (Å²) in [6.07, 6.45) is -0.852. The summed E-state index contributed by atoms with van der Waals surface area (Å²) >= 11 is 0. The van der Waals surface area contributed by atoms with Crippen LogP contribution >= 0.6 is 0 Å². The third kappa shape index (κ3) is 4.70. The van der Waals surface area contributed by atoms with E-state index >= 15 is 0 Å². The molecule has 18 heavy (non-hydrogen) atoms. The molecule has 0 spiro atoms. The fraction of sp³-hybridized carbons (Fsp3) is 0.727. The molecule has 0 fully saturated rings. The van der Waals surface area contributed by atoms with Crippen LogP contribution in [0.5, 0.6) is 0 Å². The Hall–Kier alpha value is -1.63. The van der Waals surface area contributed by atoms with Gasteiger partial charge in [0.2, 0.25) is 6.10 Å². The molecule has 7 nitrogen and oxygen atoms in total. The minimum atomic E-state index is -1.16. The van der Waals surface area contributed by atoms with Crippen molar-refractivity contribution in [3.8, 4) is 0 Å². The van der Waals surface area contributed by atoms with Gasteiger partial charge in [0.15, 0.2) is 5.71 Å². The van der Waals surface area contributed by atoms with Crippen molar-refractivity contribution in [3.63, 3.8) is 0 Å². The van der Waals surface area contributed by atoms with Crippen molar-refractivity contribution in [3.05, 3.63) is 0 Å². The number of carbonyl (C=O) groups excluding carboxylic acids is 1. The topological polar surface area (TPSA) is 97.2 Å². The van der Waals surface area contributed by atoms with Crippen LogP contribution in [-0.2, 0) is 19.2 Å². The van der Waals surface area contributed by atoms with Gasteiger partial charge in [0.05, 0.1) is 6.61 Å². The number of oxime groups is 1. The molecule has 0 aromatic heterocycles. The van der Waals surface area contributed by atoms with Crippen molar-refractivity contribution >= 4 is 17.6 Å². The Bertz CT molecular complexity index is 340. The Morgan fingerprint density at radius 3 is 2.89 bits per heavy atom. The molecular weight excluding hydrogens is 240 g/mol. The first-order valence-electron chi connectivity index (χ1n) is 5.82. The van der Waals surface area contributed by atoms with Crippen LogP contribution < -0.4 is 5.32 Å². The number of ether oxygens (including phenoxy) is 1. The third-order valence-electron chi connectivity index (χ3n) is 2.21. The summed E-state index contributed by atoms with van der Waals surface area (Å²) < 4.78 is 5.29. The van der Waals surface area contributed by atoms with E-state index in [4.69, 9.17) is 14.7 Å². The highest BCUT2D eigenvalue weighted by atomic mass is 16.6. The summed E-state index contributed by atoms with van der Waals surface area (Å²) in [5.74, 6) is -1.08. The van der Waals surface area contributed by atoms with E-state index in [0.717, 1.165) is 0 Å². The Morgan fingerprint density at radius 1 is 1.61 bits per heavy atom. The van der Waals surface area contributed by atoms with Gasteiger partial charge in [-0.15, -0.1) is 0 Å². The molecule has 0 aromatic rings. The standard InChI is InChI=1S/C11H18N2O5/c1-7(2)6-17-4-3-12-10(14)9-5-8(11(15)16)13-18-9/h7,9H,3-6H2,1-2H3,(H,12,14)(H,15,16). The predicted octanol–water partition coefficient (Wildman–Crippen LogP) is 0.00470. The summed E-state index contributed by atoms with van der Waals surface area (Å²) in [6.45, 7) is 5.50. The molecule has 1 unspecified atom stereocenters. The molecule has 1 atom stereocenters. The van der Waals surface area contributed by atoms with E-state index in [-0.39, 0.29) is 18.0 Å². The Labute approximate surface area is 105 Å². The van der Waals surface area contributed by atoms with Crippen LogP contribution in [0.1, 0.15) is 20.3 Å². The average molecular weight is 258 g/mol. The van der Waals surface area contributed by atoms with Gasteiger partial charge in [0, 0.05) is 19.6 Å². The van der Waals surface area contributed by atoms with Gasteiger partial charge < -0.3 is 20.0 Å². The van der Waals surface area contributed by atoms with E-state index in [2.05, 4.69) is 10.5 Å². The summed E-state index contributed by atoms with van der Waals surface area (Å²) in [4.78, 5) is 26.9. The largest absolute Gasteiger partial charge is 0.477 e. The maximum absolute atomic E-state index is 11.6. The molecule has 1 heterocycles. The van der Waals surface area contributed by atoms with Crippen molar-refractivity contribution in [2.24, 2.45) is 11.1 Å². The van der Waals surface area contributed by atoms with E-state index in [0.29, 0.717) is 25.7 Å². The Kier molecular flexibility index (Phi) is 5.57. The van der Waals surface area contributed by atoms with Gasteiger partial charge in [0.25, 0.3) is 5.91 Å². The number of amides is 1. The molecular formula is C11H18N2O5. The average Bonchev–Trinajstić information content (AvgIpc) is 2.77. The van der Waals surface area contributed by atoms with Crippen LogP contribution in [0.2, 0.25) is 0 Å². The normalized spacial score (nSPS) is 18.4. The van der Waals surface area contributed by atoms with Gasteiger partial charge in [0.1, 0.15) is 0 Å². The number of nitrogens with one attached hydrogen (secondary N) is 1. The van der Waals surface area contributed by atoms with Crippen LogP contribution in [0, 0.1) is 5.92 Å². The second kappa shape index (κ2) is 6.95. The zero-order chi connectivity index (χ0) is 13.5. The quantitative estimate of drug-likeness (QED) is 0.627. The minimum Gasteiger partial charge on any atom is -0.477 e. The van der Waals surface area contributed by atoms with Gasteiger partial charge in [-0.2, -0.15) is 0 Å². The molecule has 0 radical (unpaired) electrons. The van der Waals surface area contributed by atoms with E-state index < -0.39 is 12.1 Å². The predicted molar refractivity (Wildman–Crippen MR) is 63.2 cm³/mol. The van der Waals surface area contributed by atoms with E-state index in [9.17, 15) is 9.59 Å². The van der Waals surface area contributed by atoms with Gasteiger partial charge in [-0.3, -0.25) is 4.79 Å². The van der Waals surface area contributed by atoms with E-state index in [1.165, 1.54) is 0 Å². The monoisotopic (exact) mass is 258 g/mol. The van der Waals surface area contributed by atoms with Crippen LogP contribution in [0.15, 0.2) is 5.16 Å². The smallest absolute Gasteiger partial charge is 0.353 e. The number of hydrogen-bond donors (Lipinski definition) is 2.